The molecule has 9 aromatic carbocycles. The van der Waals surface area contributed by atoms with E-state index < -0.39 is 5.41 Å². The summed E-state index contributed by atoms with van der Waals surface area (Å²) in [6.45, 7) is 0. The SMILES string of the molecule is c1ccc(-c2nc(-c3cccc4c3C3(c5ccccc5-c5cc6c7ccccc7c7ccccc7c6cc53)c3ccccc3-4)nc3ccccc23)cc1. The van der Waals surface area contributed by atoms with Crippen molar-refractivity contribution in [3.8, 4) is 44.9 Å². The van der Waals surface area contributed by atoms with Crippen molar-refractivity contribution in [2.45, 2.75) is 5.41 Å². The van der Waals surface area contributed by atoms with Gasteiger partial charge in [0.1, 0.15) is 0 Å². The molecule has 1 unspecified atom stereocenters. The minimum Gasteiger partial charge on any atom is -0.228 e. The van der Waals surface area contributed by atoms with Crippen LogP contribution in [-0.2, 0) is 5.41 Å². The Kier molecular flexibility index (Phi) is 5.73. The zero-order valence-corrected chi connectivity index (χ0v) is 28.7. The third-order valence-corrected chi connectivity index (χ3v) is 11.9. The van der Waals surface area contributed by atoms with Gasteiger partial charge >= 0.3 is 0 Å². The Balaban J connectivity index is 1.25. The number of hydrogen-bond donors (Lipinski definition) is 0. The highest BCUT2D eigenvalue weighted by molar-refractivity contribution is 6.26. The molecule has 0 aliphatic heterocycles. The van der Waals surface area contributed by atoms with Crippen molar-refractivity contribution in [2.24, 2.45) is 0 Å². The maximum Gasteiger partial charge on any atom is 0.160 e. The van der Waals surface area contributed by atoms with Crippen LogP contribution in [0, 0.1) is 0 Å². The highest BCUT2D eigenvalue weighted by Crippen LogP contribution is 2.65. The molecule has 1 aromatic heterocycles. The maximum absolute atomic E-state index is 5.46. The molecule has 2 aliphatic rings. The van der Waals surface area contributed by atoms with Crippen molar-refractivity contribution in [1.82, 2.24) is 9.97 Å². The number of benzene rings is 9. The quantitative estimate of drug-likeness (QED) is 0.171. The van der Waals surface area contributed by atoms with E-state index in [2.05, 4.69) is 182 Å². The van der Waals surface area contributed by atoms with E-state index in [4.69, 9.17) is 9.97 Å². The molecule has 2 nitrogen and oxygen atoms in total. The van der Waals surface area contributed by atoms with Crippen LogP contribution in [0.3, 0.4) is 0 Å². The lowest BCUT2D eigenvalue weighted by Gasteiger charge is -2.32. The molecule has 0 N–H and O–H groups in total. The van der Waals surface area contributed by atoms with E-state index in [9.17, 15) is 0 Å². The Hall–Kier alpha value is -6.90. The molecule has 0 bridgehead atoms. The number of rotatable bonds is 2. The summed E-state index contributed by atoms with van der Waals surface area (Å²) in [5.41, 5.74) is 13.7. The van der Waals surface area contributed by atoms with Gasteiger partial charge in [-0.1, -0.05) is 164 Å². The molecule has 1 spiro atoms. The normalized spacial score (nSPS) is 15.2. The fourth-order valence-corrected chi connectivity index (χ4v) is 9.79. The van der Waals surface area contributed by atoms with Crippen LogP contribution in [0.5, 0.6) is 0 Å². The lowest BCUT2D eigenvalue weighted by molar-refractivity contribution is 0.795. The molecule has 0 amide bonds. The first-order valence-corrected chi connectivity index (χ1v) is 18.3. The van der Waals surface area contributed by atoms with Crippen LogP contribution < -0.4 is 0 Å². The number of para-hydroxylation sites is 1. The lowest BCUT2D eigenvalue weighted by atomic mass is 9.69. The van der Waals surface area contributed by atoms with Gasteiger partial charge in [-0.25, -0.2) is 9.97 Å². The van der Waals surface area contributed by atoms with Crippen LogP contribution in [0.25, 0.3) is 88.1 Å². The topological polar surface area (TPSA) is 25.8 Å². The summed E-state index contributed by atoms with van der Waals surface area (Å²) in [6, 6.07) is 66.6. The number of fused-ring (bicyclic) bond motifs is 17. The van der Waals surface area contributed by atoms with Gasteiger partial charge in [0.25, 0.3) is 0 Å². The van der Waals surface area contributed by atoms with Crippen LogP contribution in [0.4, 0.5) is 0 Å². The molecule has 0 saturated heterocycles. The van der Waals surface area contributed by atoms with Gasteiger partial charge in [0.15, 0.2) is 5.82 Å². The molecule has 244 valence electrons. The van der Waals surface area contributed by atoms with Gasteiger partial charge in [-0.3, -0.25) is 0 Å². The zero-order valence-electron chi connectivity index (χ0n) is 28.7. The standard InChI is InChI=1S/C51H30N2/c1-2-15-31(16-3-1)49-39-23-10-13-28-47(39)52-50(53-49)40-25-14-24-38-36-21-8-11-26-44(36)51(48(38)40)45-27-12-9-22-37(45)43-29-41-34-19-6-4-17-32(34)33-18-5-7-20-35(33)42(41)30-46(43)51/h1-30H. The molecule has 0 radical (unpaired) electrons. The van der Waals surface area contributed by atoms with Gasteiger partial charge < -0.3 is 0 Å². The van der Waals surface area contributed by atoms with Crippen molar-refractivity contribution in [1.29, 1.82) is 0 Å². The monoisotopic (exact) mass is 670 g/mol. The Morgan fingerprint density at radius 2 is 0.830 bits per heavy atom. The first kappa shape index (κ1) is 28.8. The van der Waals surface area contributed by atoms with Crippen molar-refractivity contribution >= 4 is 43.2 Å². The van der Waals surface area contributed by atoms with Crippen LogP contribution in [0.1, 0.15) is 22.3 Å². The average Bonchev–Trinajstić information content (AvgIpc) is 3.70. The molecule has 2 aliphatic carbocycles. The van der Waals surface area contributed by atoms with E-state index in [1.165, 1.54) is 76.8 Å². The fourth-order valence-electron chi connectivity index (χ4n) is 9.79. The minimum atomic E-state index is -0.572. The molecule has 1 atom stereocenters. The highest BCUT2D eigenvalue weighted by atomic mass is 14.9. The molecule has 12 rings (SSSR count). The van der Waals surface area contributed by atoms with Gasteiger partial charge in [-0.15, -0.1) is 0 Å². The van der Waals surface area contributed by atoms with Crippen LogP contribution in [-0.4, -0.2) is 9.97 Å². The average molecular weight is 671 g/mol. The van der Waals surface area contributed by atoms with Crippen LogP contribution in [0.2, 0.25) is 0 Å². The van der Waals surface area contributed by atoms with E-state index in [-0.39, 0.29) is 0 Å². The molecule has 0 fully saturated rings. The highest BCUT2D eigenvalue weighted by Gasteiger charge is 2.53. The smallest absolute Gasteiger partial charge is 0.160 e. The van der Waals surface area contributed by atoms with E-state index in [1.807, 2.05) is 0 Å². The van der Waals surface area contributed by atoms with E-state index in [0.717, 1.165) is 33.5 Å². The third-order valence-electron chi connectivity index (χ3n) is 11.9. The summed E-state index contributed by atoms with van der Waals surface area (Å²) >= 11 is 0. The molecule has 53 heavy (non-hydrogen) atoms. The predicted octanol–water partition coefficient (Wildman–Crippen LogP) is 12.8. The molecule has 0 saturated carbocycles. The van der Waals surface area contributed by atoms with Crippen LogP contribution in [0.15, 0.2) is 182 Å². The van der Waals surface area contributed by atoms with Crippen molar-refractivity contribution in [3.05, 3.63) is 204 Å². The summed E-state index contributed by atoms with van der Waals surface area (Å²) in [5.74, 6) is 0.745. The fraction of sp³-hybridized carbons (Fsp3) is 0.0196. The lowest BCUT2D eigenvalue weighted by Crippen LogP contribution is -2.27. The summed E-state index contributed by atoms with van der Waals surface area (Å²) in [7, 11) is 0. The first-order chi connectivity index (χ1) is 26.3. The van der Waals surface area contributed by atoms with Crippen molar-refractivity contribution in [3.63, 3.8) is 0 Å². The molecule has 10 aromatic rings. The van der Waals surface area contributed by atoms with Crippen molar-refractivity contribution in [2.75, 3.05) is 0 Å². The van der Waals surface area contributed by atoms with Gasteiger partial charge in [0.2, 0.25) is 0 Å². The Morgan fingerprint density at radius 1 is 0.321 bits per heavy atom. The number of aromatic nitrogens is 2. The Labute approximate surface area is 306 Å². The zero-order chi connectivity index (χ0) is 34.7. The second kappa shape index (κ2) is 10.6. The van der Waals surface area contributed by atoms with E-state index in [0.29, 0.717) is 0 Å². The number of hydrogen-bond acceptors (Lipinski definition) is 2. The van der Waals surface area contributed by atoms with Gasteiger partial charge in [-0.05, 0) is 95.0 Å². The molecular weight excluding hydrogens is 641 g/mol. The Morgan fingerprint density at radius 3 is 1.53 bits per heavy atom. The van der Waals surface area contributed by atoms with E-state index in [1.54, 1.807) is 0 Å². The summed E-state index contributed by atoms with van der Waals surface area (Å²) in [5, 5.41) is 8.75. The summed E-state index contributed by atoms with van der Waals surface area (Å²) in [4.78, 5) is 10.8. The summed E-state index contributed by atoms with van der Waals surface area (Å²) in [6.07, 6.45) is 0. The molecule has 1 heterocycles. The van der Waals surface area contributed by atoms with E-state index >= 15 is 0 Å². The van der Waals surface area contributed by atoms with Gasteiger partial charge in [-0.2, -0.15) is 0 Å². The molecular formula is C51H30N2. The summed E-state index contributed by atoms with van der Waals surface area (Å²) < 4.78 is 0. The number of nitrogens with zero attached hydrogens (tertiary/aromatic N) is 2. The Bertz CT molecular complexity index is 3180. The first-order valence-electron chi connectivity index (χ1n) is 18.3. The maximum atomic E-state index is 5.46. The van der Waals surface area contributed by atoms with Gasteiger partial charge in [0.05, 0.1) is 16.6 Å². The largest absolute Gasteiger partial charge is 0.228 e. The van der Waals surface area contributed by atoms with Crippen LogP contribution >= 0.6 is 0 Å². The van der Waals surface area contributed by atoms with Gasteiger partial charge in [0, 0.05) is 16.5 Å². The van der Waals surface area contributed by atoms with Crippen molar-refractivity contribution < 1.29 is 0 Å². The second-order valence-electron chi connectivity index (χ2n) is 14.4. The third kappa shape index (κ3) is 3.72. The molecule has 2 heteroatoms. The second-order valence-corrected chi connectivity index (χ2v) is 14.4. The minimum absolute atomic E-state index is 0.572. The predicted molar refractivity (Wildman–Crippen MR) is 219 cm³/mol.